The van der Waals surface area contributed by atoms with Crippen LogP contribution in [0.1, 0.15) is 36.7 Å². The number of aryl methyl sites for hydroxylation is 1. The zero-order valence-electron chi connectivity index (χ0n) is 10.5. The molecule has 0 radical (unpaired) electrons. The highest BCUT2D eigenvalue weighted by molar-refractivity contribution is 9.09. The van der Waals surface area contributed by atoms with E-state index in [2.05, 4.69) is 21.2 Å². The molecule has 0 aromatic heterocycles. The number of hydrogen-bond acceptors (Lipinski definition) is 1. The van der Waals surface area contributed by atoms with Crippen molar-refractivity contribution in [3.8, 4) is 0 Å². The number of halogens is 2. The average molecular weight is 319 g/mol. The highest BCUT2D eigenvalue weighted by atomic mass is 79.9. The molecule has 4 heteroatoms. The molecule has 0 aliphatic carbocycles. The highest BCUT2D eigenvalue weighted by Gasteiger charge is 2.26. The summed E-state index contributed by atoms with van der Waals surface area (Å²) in [5, 5.41) is 3.57. The van der Waals surface area contributed by atoms with Crippen molar-refractivity contribution in [1.82, 2.24) is 5.32 Å². The molecule has 1 amide bonds. The van der Waals surface area contributed by atoms with Crippen LogP contribution >= 0.6 is 27.5 Å². The van der Waals surface area contributed by atoms with Crippen molar-refractivity contribution in [3.05, 3.63) is 34.3 Å². The fourth-order valence-electron chi connectivity index (χ4n) is 1.30. The number of alkyl halides is 1. The minimum absolute atomic E-state index is 0.0960. The van der Waals surface area contributed by atoms with Gasteiger partial charge in [0.2, 0.25) is 0 Å². The maximum atomic E-state index is 12.1. The summed E-state index contributed by atoms with van der Waals surface area (Å²) in [7, 11) is 0. The Labute approximate surface area is 116 Å². The number of carbonyl (C=O) groups excluding carboxylic acids is 1. The van der Waals surface area contributed by atoms with Crippen LogP contribution in [0, 0.1) is 6.92 Å². The van der Waals surface area contributed by atoms with E-state index < -0.39 is 0 Å². The van der Waals surface area contributed by atoms with Crippen LogP contribution < -0.4 is 5.32 Å². The minimum atomic E-state index is -0.314. The highest BCUT2D eigenvalue weighted by Crippen LogP contribution is 2.20. The molecule has 1 N–H and O–H groups in total. The Hall–Kier alpha value is -0.540. The normalized spacial score (nSPS) is 13.3. The molecule has 1 aromatic carbocycles. The second-order valence-electron chi connectivity index (χ2n) is 4.75. The van der Waals surface area contributed by atoms with E-state index >= 15 is 0 Å². The van der Waals surface area contributed by atoms with Gasteiger partial charge in [-0.05, 0) is 38.5 Å². The van der Waals surface area contributed by atoms with Gasteiger partial charge in [0.15, 0.2) is 0 Å². The van der Waals surface area contributed by atoms with Crippen molar-refractivity contribution in [3.63, 3.8) is 0 Å². The van der Waals surface area contributed by atoms with E-state index in [9.17, 15) is 4.79 Å². The fourth-order valence-corrected chi connectivity index (χ4v) is 1.58. The zero-order chi connectivity index (χ0) is 13.2. The molecule has 0 aliphatic rings. The molecule has 94 valence electrons. The third-order valence-electron chi connectivity index (χ3n) is 2.87. The van der Waals surface area contributed by atoms with E-state index in [1.54, 1.807) is 12.1 Å². The Morgan fingerprint density at radius 2 is 2.06 bits per heavy atom. The summed E-state index contributed by atoms with van der Waals surface area (Å²) in [6.07, 6.45) is 0. The van der Waals surface area contributed by atoms with E-state index in [-0.39, 0.29) is 16.3 Å². The van der Waals surface area contributed by atoms with Crippen molar-refractivity contribution in [1.29, 1.82) is 0 Å². The number of hydrogen-bond donors (Lipinski definition) is 1. The average Bonchev–Trinajstić information content (AvgIpc) is 2.20. The predicted octanol–water partition coefficient (Wildman–Crippen LogP) is 3.94. The van der Waals surface area contributed by atoms with Gasteiger partial charge < -0.3 is 5.32 Å². The van der Waals surface area contributed by atoms with E-state index in [4.69, 9.17) is 11.6 Å². The monoisotopic (exact) mass is 317 g/mol. The molecule has 0 saturated heterocycles. The molecular weight excluding hydrogens is 302 g/mol. The van der Waals surface area contributed by atoms with Crippen LogP contribution in [0.25, 0.3) is 0 Å². The molecule has 2 nitrogen and oxygen atoms in total. The number of nitrogens with one attached hydrogen (secondary N) is 1. The minimum Gasteiger partial charge on any atom is -0.346 e. The smallest absolute Gasteiger partial charge is 0.252 e. The van der Waals surface area contributed by atoms with Gasteiger partial charge in [0.25, 0.3) is 5.91 Å². The van der Waals surface area contributed by atoms with Gasteiger partial charge in [0.1, 0.15) is 0 Å². The fraction of sp³-hybridized carbons (Fsp3) is 0.462. The second kappa shape index (κ2) is 5.40. The van der Waals surface area contributed by atoms with Crippen molar-refractivity contribution in [2.45, 2.75) is 38.1 Å². The number of rotatable bonds is 3. The Morgan fingerprint density at radius 3 is 2.59 bits per heavy atom. The van der Waals surface area contributed by atoms with Crippen molar-refractivity contribution in [2.24, 2.45) is 0 Å². The zero-order valence-corrected chi connectivity index (χ0v) is 12.8. The van der Waals surface area contributed by atoms with Crippen LogP contribution in [-0.2, 0) is 0 Å². The first-order valence-corrected chi connectivity index (χ1v) is 6.76. The Bertz CT molecular complexity index is 429. The standard InChI is InChI=1S/C13H17BrClNO/c1-8-5-6-10(15)7-11(8)12(17)16-13(3,4)9(2)14/h5-7,9H,1-4H3,(H,16,17). The lowest BCUT2D eigenvalue weighted by Gasteiger charge is -2.29. The first-order chi connectivity index (χ1) is 7.74. The van der Waals surface area contributed by atoms with E-state index in [0.29, 0.717) is 10.6 Å². The molecule has 1 unspecified atom stereocenters. The summed E-state index contributed by atoms with van der Waals surface area (Å²) in [6, 6.07) is 5.33. The summed E-state index contributed by atoms with van der Waals surface area (Å²) in [6.45, 7) is 7.86. The molecule has 0 spiro atoms. The van der Waals surface area contributed by atoms with Gasteiger partial charge in [-0.1, -0.05) is 40.5 Å². The molecular formula is C13H17BrClNO. The molecule has 0 heterocycles. The van der Waals surface area contributed by atoms with Crippen LogP contribution in [0.15, 0.2) is 18.2 Å². The lowest BCUT2D eigenvalue weighted by Crippen LogP contribution is -2.49. The second-order valence-corrected chi connectivity index (χ2v) is 6.56. The lowest BCUT2D eigenvalue weighted by molar-refractivity contribution is 0.0913. The summed E-state index contributed by atoms with van der Waals surface area (Å²) in [5.74, 6) is -0.0960. The van der Waals surface area contributed by atoms with Crippen LogP contribution in [0.3, 0.4) is 0 Å². The van der Waals surface area contributed by atoms with Crippen molar-refractivity contribution >= 4 is 33.4 Å². The van der Waals surface area contributed by atoms with Crippen LogP contribution in [0.2, 0.25) is 5.02 Å². The van der Waals surface area contributed by atoms with Crippen molar-refractivity contribution in [2.75, 3.05) is 0 Å². The van der Waals surface area contributed by atoms with Gasteiger partial charge in [-0.15, -0.1) is 0 Å². The molecule has 1 rings (SSSR count). The van der Waals surface area contributed by atoms with Crippen LogP contribution in [0.4, 0.5) is 0 Å². The number of benzene rings is 1. The SMILES string of the molecule is Cc1ccc(Cl)cc1C(=O)NC(C)(C)C(C)Br. The molecule has 0 bridgehead atoms. The van der Waals surface area contributed by atoms with Crippen LogP contribution in [-0.4, -0.2) is 16.3 Å². The van der Waals surface area contributed by atoms with Gasteiger partial charge in [0, 0.05) is 21.0 Å². The third kappa shape index (κ3) is 3.71. The molecule has 1 aromatic rings. The Balaban J connectivity index is 2.94. The third-order valence-corrected chi connectivity index (χ3v) is 4.25. The van der Waals surface area contributed by atoms with Gasteiger partial charge >= 0.3 is 0 Å². The Morgan fingerprint density at radius 1 is 1.47 bits per heavy atom. The summed E-state index contributed by atoms with van der Waals surface area (Å²) in [5.41, 5.74) is 1.23. The first-order valence-electron chi connectivity index (χ1n) is 5.47. The lowest BCUT2D eigenvalue weighted by atomic mass is 10.00. The Kier molecular flexibility index (Phi) is 4.62. The van der Waals surface area contributed by atoms with Gasteiger partial charge in [-0.2, -0.15) is 0 Å². The summed E-state index contributed by atoms with van der Waals surface area (Å²) >= 11 is 9.39. The van der Waals surface area contributed by atoms with E-state index in [0.717, 1.165) is 5.56 Å². The summed E-state index contributed by atoms with van der Waals surface area (Å²) in [4.78, 5) is 12.3. The van der Waals surface area contributed by atoms with Gasteiger partial charge in [0.05, 0.1) is 0 Å². The first kappa shape index (κ1) is 14.5. The number of amides is 1. The van der Waals surface area contributed by atoms with Crippen LogP contribution in [0.5, 0.6) is 0 Å². The predicted molar refractivity (Wildman–Crippen MR) is 76.1 cm³/mol. The van der Waals surface area contributed by atoms with Crippen molar-refractivity contribution < 1.29 is 4.79 Å². The molecule has 0 fully saturated rings. The molecule has 1 atom stereocenters. The maximum absolute atomic E-state index is 12.1. The number of carbonyl (C=O) groups is 1. The van der Waals surface area contributed by atoms with Gasteiger partial charge in [-0.25, -0.2) is 0 Å². The topological polar surface area (TPSA) is 29.1 Å². The molecule has 0 aliphatic heterocycles. The summed E-state index contributed by atoms with van der Waals surface area (Å²) < 4.78 is 0. The van der Waals surface area contributed by atoms with E-state index in [1.165, 1.54) is 0 Å². The molecule has 17 heavy (non-hydrogen) atoms. The van der Waals surface area contributed by atoms with Gasteiger partial charge in [-0.3, -0.25) is 4.79 Å². The largest absolute Gasteiger partial charge is 0.346 e. The maximum Gasteiger partial charge on any atom is 0.252 e. The van der Waals surface area contributed by atoms with E-state index in [1.807, 2.05) is 33.8 Å². The quantitative estimate of drug-likeness (QED) is 0.840. The molecule has 0 saturated carbocycles.